The quantitative estimate of drug-likeness (QED) is 0.829. The van der Waals surface area contributed by atoms with Gasteiger partial charge < -0.3 is 10.6 Å². The minimum Gasteiger partial charge on any atom is -0.373 e. The van der Waals surface area contributed by atoms with E-state index in [0.29, 0.717) is 0 Å². The monoisotopic (exact) mass is 354 g/mol. The van der Waals surface area contributed by atoms with Gasteiger partial charge in [-0.25, -0.2) is 9.97 Å². The van der Waals surface area contributed by atoms with Crippen LogP contribution in [0, 0.1) is 17.4 Å². The Labute approximate surface area is 120 Å². The maximum absolute atomic E-state index is 4.43. The van der Waals surface area contributed by atoms with Crippen LogP contribution in [0.25, 0.3) is 0 Å². The van der Waals surface area contributed by atoms with E-state index in [1.54, 1.807) is 0 Å². The smallest absolute Gasteiger partial charge is 0.139 e. The number of nitrogens with one attached hydrogen (secondary N) is 2. The largest absolute Gasteiger partial charge is 0.373 e. The molecule has 0 radical (unpaired) electrons. The van der Waals surface area contributed by atoms with Gasteiger partial charge in [0.25, 0.3) is 0 Å². The van der Waals surface area contributed by atoms with Crippen LogP contribution in [0.2, 0.25) is 0 Å². The Bertz CT molecular complexity index is 552. The minimum absolute atomic E-state index is 0.748. The number of aromatic nitrogens is 2. The van der Waals surface area contributed by atoms with Gasteiger partial charge in [-0.1, -0.05) is 0 Å². The fourth-order valence-electron chi connectivity index (χ4n) is 1.66. The van der Waals surface area contributed by atoms with Gasteiger partial charge in [0.05, 0.1) is 0 Å². The molecule has 0 aliphatic carbocycles. The van der Waals surface area contributed by atoms with Crippen molar-refractivity contribution in [2.75, 3.05) is 17.7 Å². The molecule has 0 spiro atoms. The summed E-state index contributed by atoms with van der Waals surface area (Å²) in [6.07, 6.45) is 0. The van der Waals surface area contributed by atoms with Gasteiger partial charge in [0.1, 0.15) is 17.5 Å². The molecule has 1 heterocycles. The Morgan fingerprint density at radius 2 is 1.61 bits per heavy atom. The Hall–Kier alpha value is -1.37. The maximum atomic E-state index is 4.43. The van der Waals surface area contributed by atoms with E-state index in [2.05, 4.69) is 55.3 Å². The lowest BCUT2D eigenvalue weighted by Gasteiger charge is -2.12. The van der Waals surface area contributed by atoms with Crippen molar-refractivity contribution in [1.29, 1.82) is 0 Å². The van der Waals surface area contributed by atoms with E-state index in [1.807, 2.05) is 33.0 Å². The molecule has 0 bridgehead atoms. The fourth-order valence-corrected chi connectivity index (χ4v) is 2.02. The molecule has 4 nitrogen and oxygen atoms in total. The van der Waals surface area contributed by atoms with Crippen LogP contribution in [-0.2, 0) is 0 Å². The first-order valence-electron chi connectivity index (χ1n) is 5.65. The van der Waals surface area contributed by atoms with E-state index < -0.39 is 0 Å². The zero-order valence-corrected chi connectivity index (χ0v) is 12.7. The summed E-state index contributed by atoms with van der Waals surface area (Å²) in [6.45, 7) is 3.89. The van der Waals surface area contributed by atoms with Gasteiger partial charge >= 0.3 is 0 Å². The van der Waals surface area contributed by atoms with Crippen molar-refractivity contribution in [1.82, 2.24) is 9.97 Å². The lowest BCUT2D eigenvalue weighted by molar-refractivity contribution is 1.04. The summed E-state index contributed by atoms with van der Waals surface area (Å²) < 4.78 is 1.21. The molecule has 18 heavy (non-hydrogen) atoms. The molecule has 0 aliphatic rings. The number of nitrogens with zero attached hydrogens (tertiary/aromatic N) is 2. The summed E-state index contributed by atoms with van der Waals surface area (Å²) >= 11 is 2.29. The molecule has 2 aromatic rings. The van der Waals surface area contributed by atoms with Crippen LogP contribution in [0.1, 0.15) is 11.4 Å². The lowest BCUT2D eigenvalue weighted by Crippen LogP contribution is -2.05. The number of rotatable bonds is 3. The fraction of sp³-hybridized carbons (Fsp3) is 0.231. The first-order valence-corrected chi connectivity index (χ1v) is 6.73. The minimum atomic E-state index is 0.748. The highest BCUT2D eigenvalue weighted by Crippen LogP contribution is 2.23. The highest BCUT2D eigenvalue weighted by atomic mass is 127. The average Bonchev–Trinajstić information content (AvgIpc) is 2.36. The van der Waals surface area contributed by atoms with Gasteiger partial charge in [0.15, 0.2) is 0 Å². The maximum Gasteiger partial charge on any atom is 0.139 e. The zero-order chi connectivity index (χ0) is 13.1. The molecule has 1 aromatic carbocycles. The average molecular weight is 354 g/mol. The molecule has 0 aliphatic heterocycles. The second-order valence-corrected chi connectivity index (χ2v) is 5.22. The Morgan fingerprint density at radius 1 is 1.00 bits per heavy atom. The van der Waals surface area contributed by atoms with E-state index in [4.69, 9.17) is 0 Å². The van der Waals surface area contributed by atoms with Crippen LogP contribution in [-0.4, -0.2) is 17.0 Å². The van der Waals surface area contributed by atoms with Gasteiger partial charge in [-0.05, 0) is 60.7 Å². The van der Waals surface area contributed by atoms with E-state index in [0.717, 1.165) is 28.7 Å². The molecular weight excluding hydrogens is 339 g/mol. The first kappa shape index (κ1) is 13.1. The van der Waals surface area contributed by atoms with E-state index in [1.165, 1.54) is 3.57 Å². The predicted octanol–water partition coefficient (Wildman–Crippen LogP) is 3.48. The second kappa shape index (κ2) is 5.51. The van der Waals surface area contributed by atoms with Crippen LogP contribution in [0.3, 0.4) is 0 Å². The Balaban J connectivity index is 2.34. The zero-order valence-electron chi connectivity index (χ0n) is 10.6. The second-order valence-electron chi connectivity index (χ2n) is 3.97. The standard InChI is InChI=1S/C13H15IN4/c1-8-12(15-3)16-9(2)17-13(8)18-11-6-4-10(14)5-7-11/h4-7H,1-3H3,(H2,15,16,17,18). The van der Waals surface area contributed by atoms with Gasteiger partial charge in [-0.2, -0.15) is 0 Å². The van der Waals surface area contributed by atoms with Crippen molar-refractivity contribution in [3.05, 3.63) is 39.2 Å². The Kier molecular flexibility index (Phi) is 4.00. The summed E-state index contributed by atoms with van der Waals surface area (Å²) in [4.78, 5) is 8.78. The van der Waals surface area contributed by atoms with Crippen molar-refractivity contribution in [2.45, 2.75) is 13.8 Å². The van der Waals surface area contributed by atoms with Gasteiger partial charge in [-0.15, -0.1) is 0 Å². The third kappa shape index (κ3) is 2.90. The number of hydrogen-bond donors (Lipinski definition) is 2. The molecule has 0 saturated heterocycles. The highest BCUT2D eigenvalue weighted by molar-refractivity contribution is 14.1. The van der Waals surface area contributed by atoms with Crippen LogP contribution in [0.5, 0.6) is 0 Å². The van der Waals surface area contributed by atoms with Gasteiger partial charge in [0.2, 0.25) is 0 Å². The number of benzene rings is 1. The SMILES string of the molecule is CNc1nc(C)nc(Nc2ccc(I)cc2)c1C. The van der Waals surface area contributed by atoms with Crippen LogP contribution in [0.4, 0.5) is 17.3 Å². The molecule has 0 unspecified atom stereocenters. The van der Waals surface area contributed by atoms with Gasteiger partial charge in [-0.3, -0.25) is 0 Å². The number of halogens is 1. The number of aryl methyl sites for hydroxylation is 1. The third-order valence-corrected chi connectivity index (χ3v) is 3.32. The molecule has 0 atom stereocenters. The van der Waals surface area contributed by atoms with Crippen molar-refractivity contribution in [3.63, 3.8) is 0 Å². The van der Waals surface area contributed by atoms with E-state index in [9.17, 15) is 0 Å². The molecule has 2 rings (SSSR count). The van der Waals surface area contributed by atoms with Crippen molar-refractivity contribution >= 4 is 39.9 Å². The number of hydrogen-bond acceptors (Lipinski definition) is 4. The molecule has 0 fully saturated rings. The predicted molar refractivity (Wildman–Crippen MR) is 83.5 cm³/mol. The molecule has 94 valence electrons. The summed E-state index contributed by atoms with van der Waals surface area (Å²) in [6, 6.07) is 8.20. The van der Waals surface area contributed by atoms with Crippen LogP contribution < -0.4 is 10.6 Å². The molecule has 2 N–H and O–H groups in total. The van der Waals surface area contributed by atoms with Crippen LogP contribution >= 0.6 is 22.6 Å². The molecular formula is C13H15IN4. The van der Waals surface area contributed by atoms with Crippen molar-refractivity contribution in [3.8, 4) is 0 Å². The van der Waals surface area contributed by atoms with E-state index >= 15 is 0 Å². The third-order valence-electron chi connectivity index (χ3n) is 2.60. The Morgan fingerprint density at radius 3 is 2.22 bits per heavy atom. The molecule has 0 saturated carbocycles. The number of anilines is 3. The van der Waals surface area contributed by atoms with Crippen LogP contribution in [0.15, 0.2) is 24.3 Å². The van der Waals surface area contributed by atoms with E-state index in [-0.39, 0.29) is 0 Å². The summed E-state index contributed by atoms with van der Waals surface area (Å²) in [5, 5.41) is 6.40. The van der Waals surface area contributed by atoms with Crippen molar-refractivity contribution < 1.29 is 0 Å². The topological polar surface area (TPSA) is 49.8 Å². The normalized spacial score (nSPS) is 10.2. The summed E-state index contributed by atoms with van der Waals surface area (Å²) in [5.74, 6) is 2.45. The summed E-state index contributed by atoms with van der Waals surface area (Å²) in [5.41, 5.74) is 2.04. The lowest BCUT2D eigenvalue weighted by atomic mass is 10.2. The van der Waals surface area contributed by atoms with Gasteiger partial charge in [0, 0.05) is 21.9 Å². The highest BCUT2D eigenvalue weighted by Gasteiger charge is 2.08. The summed E-state index contributed by atoms with van der Waals surface area (Å²) in [7, 11) is 1.86. The molecule has 0 amide bonds. The van der Waals surface area contributed by atoms with Crippen molar-refractivity contribution in [2.24, 2.45) is 0 Å². The molecule has 5 heteroatoms. The molecule has 1 aromatic heterocycles. The first-order chi connectivity index (χ1) is 8.60.